The highest BCUT2D eigenvalue weighted by atomic mass is 16.5. The van der Waals surface area contributed by atoms with Crippen molar-refractivity contribution >= 4 is 17.7 Å². The van der Waals surface area contributed by atoms with Gasteiger partial charge in [-0.3, -0.25) is 14.4 Å². The van der Waals surface area contributed by atoms with Crippen molar-refractivity contribution in [3.05, 3.63) is 52.8 Å². The van der Waals surface area contributed by atoms with Crippen molar-refractivity contribution in [2.75, 3.05) is 20.3 Å². The van der Waals surface area contributed by atoms with Gasteiger partial charge in [0.15, 0.2) is 6.61 Å². The molecule has 1 amide bonds. The number of rotatable bonds is 9. The molecule has 0 spiro atoms. The van der Waals surface area contributed by atoms with E-state index in [-0.39, 0.29) is 31.3 Å². The molecule has 0 radical (unpaired) electrons. The molecule has 1 N–H and O–H groups in total. The highest BCUT2D eigenvalue weighted by Crippen LogP contribution is 2.17. The van der Waals surface area contributed by atoms with E-state index in [1.165, 1.54) is 7.11 Å². The molecule has 0 aliphatic heterocycles. The van der Waals surface area contributed by atoms with Crippen LogP contribution in [-0.4, -0.2) is 42.5 Å². The standard InChI is InChI=1S/C21H26N2O5/c1-5-23-14(2)12-17(15(23)3)18(24)13-28-20(25)10-11-22-21(26)16-8-6-7-9-19(16)27-4/h6-9,12H,5,10-11,13H2,1-4H3,(H,22,26). The quantitative estimate of drug-likeness (QED) is 0.529. The summed E-state index contributed by atoms with van der Waals surface area (Å²) in [5.74, 6) is -0.664. The number of hydrogen-bond donors (Lipinski definition) is 1. The minimum absolute atomic E-state index is 0.0256. The maximum absolute atomic E-state index is 12.3. The van der Waals surface area contributed by atoms with Gasteiger partial charge in [-0.2, -0.15) is 0 Å². The minimum Gasteiger partial charge on any atom is -0.496 e. The van der Waals surface area contributed by atoms with Gasteiger partial charge in [-0.1, -0.05) is 12.1 Å². The summed E-state index contributed by atoms with van der Waals surface area (Å²) in [6.07, 6.45) is -0.0256. The van der Waals surface area contributed by atoms with Crippen molar-refractivity contribution in [1.82, 2.24) is 9.88 Å². The van der Waals surface area contributed by atoms with Gasteiger partial charge in [-0.05, 0) is 39.0 Å². The molecular weight excluding hydrogens is 360 g/mol. The van der Waals surface area contributed by atoms with Crippen molar-refractivity contribution in [3.8, 4) is 5.75 Å². The number of aromatic nitrogens is 1. The van der Waals surface area contributed by atoms with E-state index in [0.29, 0.717) is 16.9 Å². The molecule has 150 valence electrons. The molecule has 0 aliphatic carbocycles. The number of carbonyl (C=O) groups excluding carboxylic acids is 3. The summed E-state index contributed by atoms with van der Waals surface area (Å²) in [7, 11) is 1.48. The summed E-state index contributed by atoms with van der Waals surface area (Å²) in [5, 5.41) is 2.64. The van der Waals surface area contributed by atoms with E-state index in [1.807, 2.05) is 31.4 Å². The SMILES string of the molecule is CCn1c(C)cc(C(=O)COC(=O)CCNC(=O)c2ccccc2OC)c1C. The third kappa shape index (κ3) is 5.00. The third-order valence-corrected chi connectivity index (χ3v) is 4.52. The Balaban J connectivity index is 1.80. The molecule has 28 heavy (non-hydrogen) atoms. The molecule has 0 saturated heterocycles. The van der Waals surface area contributed by atoms with Crippen molar-refractivity contribution in [1.29, 1.82) is 0 Å². The molecule has 0 aliphatic rings. The van der Waals surface area contributed by atoms with Crippen LogP contribution in [0.15, 0.2) is 30.3 Å². The zero-order valence-electron chi connectivity index (χ0n) is 16.7. The van der Waals surface area contributed by atoms with Crippen molar-refractivity contribution in [2.45, 2.75) is 33.7 Å². The van der Waals surface area contributed by atoms with E-state index in [4.69, 9.17) is 9.47 Å². The number of amides is 1. The number of esters is 1. The second-order valence-electron chi connectivity index (χ2n) is 6.32. The Labute approximate surface area is 164 Å². The monoisotopic (exact) mass is 386 g/mol. The zero-order chi connectivity index (χ0) is 20.7. The molecule has 0 unspecified atom stereocenters. The Morgan fingerprint density at radius 3 is 2.46 bits per heavy atom. The Morgan fingerprint density at radius 1 is 1.11 bits per heavy atom. The number of benzene rings is 1. The Hall–Kier alpha value is -3.09. The number of methoxy groups -OCH3 is 1. The summed E-state index contributed by atoms with van der Waals surface area (Å²) < 4.78 is 12.2. The largest absolute Gasteiger partial charge is 0.496 e. The Kier molecular flexibility index (Phi) is 7.37. The number of hydrogen-bond acceptors (Lipinski definition) is 5. The fraction of sp³-hybridized carbons (Fsp3) is 0.381. The lowest BCUT2D eigenvalue weighted by atomic mass is 10.1. The summed E-state index contributed by atoms with van der Waals surface area (Å²) in [5.41, 5.74) is 2.82. The van der Waals surface area contributed by atoms with Crippen LogP contribution in [-0.2, 0) is 16.1 Å². The summed E-state index contributed by atoms with van der Waals surface area (Å²) in [4.78, 5) is 36.3. The lowest BCUT2D eigenvalue weighted by molar-refractivity contribution is -0.142. The first-order chi connectivity index (χ1) is 13.4. The van der Waals surface area contributed by atoms with Crippen molar-refractivity contribution < 1.29 is 23.9 Å². The highest BCUT2D eigenvalue weighted by molar-refractivity contribution is 5.99. The Morgan fingerprint density at radius 2 is 1.82 bits per heavy atom. The van der Waals surface area contributed by atoms with Crippen LogP contribution in [0.25, 0.3) is 0 Å². The van der Waals surface area contributed by atoms with Gasteiger partial charge >= 0.3 is 5.97 Å². The number of para-hydroxylation sites is 1. The van der Waals surface area contributed by atoms with Crippen LogP contribution in [0.2, 0.25) is 0 Å². The number of ketones is 1. The summed E-state index contributed by atoms with van der Waals surface area (Å²) in [6, 6.07) is 8.62. The van der Waals surface area contributed by atoms with Gasteiger partial charge in [0, 0.05) is 30.0 Å². The fourth-order valence-corrected chi connectivity index (χ4v) is 3.07. The highest BCUT2D eigenvalue weighted by Gasteiger charge is 2.17. The van der Waals surface area contributed by atoms with E-state index < -0.39 is 5.97 Å². The van der Waals surface area contributed by atoms with E-state index in [9.17, 15) is 14.4 Å². The maximum atomic E-state index is 12.3. The molecule has 0 bridgehead atoms. The molecule has 7 nitrogen and oxygen atoms in total. The number of ether oxygens (including phenoxy) is 2. The van der Waals surface area contributed by atoms with Crippen LogP contribution in [0.4, 0.5) is 0 Å². The first-order valence-electron chi connectivity index (χ1n) is 9.15. The summed E-state index contributed by atoms with van der Waals surface area (Å²) in [6.45, 7) is 6.38. The topological polar surface area (TPSA) is 86.6 Å². The molecule has 2 aromatic rings. The molecular formula is C21H26N2O5. The van der Waals surface area contributed by atoms with Gasteiger partial charge in [-0.15, -0.1) is 0 Å². The van der Waals surface area contributed by atoms with Crippen molar-refractivity contribution in [2.24, 2.45) is 0 Å². The molecule has 1 aromatic heterocycles. The van der Waals surface area contributed by atoms with E-state index in [1.54, 1.807) is 24.3 Å². The van der Waals surface area contributed by atoms with Crippen molar-refractivity contribution in [3.63, 3.8) is 0 Å². The fourth-order valence-electron chi connectivity index (χ4n) is 3.07. The third-order valence-electron chi connectivity index (χ3n) is 4.52. The van der Waals surface area contributed by atoms with E-state index >= 15 is 0 Å². The number of carbonyl (C=O) groups is 3. The number of Topliss-reactive ketones (excluding diaryl/α,β-unsaturated/α-hetero) is 1. The number of aryl methyl sites for hydroxylation is 1. The number of nitrogens with one attached hydrogen (secondary N) is 1. The first-order valence-corrected chi connectivity index (χ1v) is 9.15. The van der Waals surface area contributed by atoms with Gasteiger partial charge in [0.2, 0.25) is 5.78 Å². The minimum atomic E-state index is -0.544. The molecule has 1 heterocycles. The van der Waals surface area contributed by atoms with Crippen LogP contribution >= 0.6 is 0 Å². The molecule has 1 aromatic carbocycles. The normalized spacial score (nSPS) is 10.4. The lowest BCUT2D eigenvalue weighted by Gasteiger charge is -2.09. The number of nitrogens with zero attached hydrogens (tertiary/aromatic N) is 1. The van der Waals surface area contributed by atoms with Gasteiger partial charge in [-0.25, -0.2) is 0 Å². The van der Waals surface area contributed by atoms with Crippen LogP contribution in [0.1, 0.15) is 45.4 Å². The molecule has 0 fully saturated rings. The van der Waals surface area contributed by atoms with Gasteiger partial charge in [0.1, 0.15) is 5.75 Å². The van der Waals surface area contributed by atoms with Crippen LogP contribution in [0, 0.1) is 13.8 Å². The predicted molar refractivity (Wildman–Crippen MR) is 105 cm³/mol. The van der Waals surface area contributed by atoms with Crippen LogP contribution < -0.4 is 10.1 Å². The molecule has 0 atom stereocenters. The molecule has 7 heteroatoms. The maximum Gasteiger partial charge on any atom is 0.308 e. The Bertz CT molecular complexity index is 870. The van der Waals surface area contributed by atoms with Crippen LogP contribution in [0.5, 0.6) is 5.75 Å². The molecule has 0 saturated carbocycles. The smallest absolute Gasteiger partial charge is 0.308 e. The second-order valence-corrected chi connectivity index (χ2v) is 6.32. The zero-order valence-corrected chi connectivity index (χ0v) is 16.7. The molecule has 2 rings (SSSR count). The average molecular weight is 386 g/mol. The van der Waals surface area contributed by atoms with Gasteiger partial charge in [0.05, 0.1) is 19.1 Å². The van der Waals surface area contributed by atoms with E-state index in [2.05, 4.69) is 5.32 Å². The predicted octanol–water partition coefficient (Wildman–Crippen LogP) is 2.68. The lowest BCUT2D eigenvalue weighted by Crippen LogP contribution is -2.27. The van der Waals surface area contributed by atoms with E-state index in [0.717, 1.165) is 17.9 Å². The summed E-state index contributed by atoms with van der Waals surface area (Å²) >= 11 is 0. The van der Waals surface area contributed by atoms with Crippen LogP contribution in [0.3, 0.4) is 0 Å². The van der Waals surface area contributed by atoms with Gasteiger partial charge < -0.3 is 19.4 Å². The first kappa shape index (κ1) is 21.2. The second kappa shape index (κ2) is 9.73. The van der Waals surface area contributed by atoms with Gasteiger partial charge in [0.25, 0.3) is 5.91 Å². The average Bonchev–Trinajstić information content (AvgIpc) is 2.99.